The van der Waals surface area contributed by atoms with E-state index in [1.807, 2.05) is 0 Å². The second-order valence-corrected chi connectivity index (χ2v) is 8.17. The van der Waals surface area contributed by atoms with Gasteiger partial charge in [0.1, 0.15) is 17.3 Å². The monoisotopic (exact) mass is 478 g/mol. The van der Waals surface area contributed by atoms with Gasteiger partial charge in [-0.2, -0.15) is 0 Å². The van der Waals surface area contributed by atoms with Crippen LogP contribution in [0.4, 0.5) is 25.4 Å². The molecule has 0 aromatic heterocycles. The number of nitrogens with zero attached hydrogens (tertiary/aromatic N) is 3. The van der Waals surface area contributed by atoms with Crippen LogP contribution in [0.25, 0.3) is 0 Å². The average Bonchev–Trinajstić information content (AvgIpc) is 2.92. The van der Waals surface area contributed by atoms with Crippen LogP contribution in [0.1, 0.15) is 13.8 Å². The molecule has 12 nitrogen and oxygen atoms in total. The van der Waals surface area contributed by atoms with Gasteiger partial charge in [-0.3, -0.25) is 25.4 Å². The number of carbonyl (C=O) groups excluding carboxylic acids is 3. The van der Waals surface area contributed by atoms with Gasteiger partial charge in [0.2, 0.25) is 12.2 Å². The maximum Gasteiger partial charge on any atom is 0.415 e. The molecule has 4 amide bonds. The molecule has 13 heteroatoms. The standard InChI is InChI=1S/C21H28FN7O5/c1-14(31)24-12-21(2)13-28(20(33)34-21)15-3-4-17(16(22)11-15)27-7-6-25-29(9-8-27)19(32)26-18(23)5-10-30/h3-5,10-11,25,30H,6-9,12-13H2,1-2H3,(H,24,31)(H2,23,26,32)/p+1/b10-5-/t21-/m0/s1. The summed E-state index contributed by atoms with van der Waals surface area (Å²) in [5, 5.41) is 20.8. The van der Waals surface area contributed by atoms with Gasteiger partial charge in [-0.15, -0.1) is 0 Å². The number of nitrogens with one attached hydrogen (secondary N) is 4. The Balaban J connectivity index is 1.65. The fourth-order valence-corrected chi connectivity index (χ4v) is 3.67. The third-order valence-electron chi connectivity index (χ3n) is 5.36. The predicted octanol–water partition coefficient (Wildman–Crippen LogP) is 0.229. The highest BCUT2D eigenvalue weighted by molar-refractivity contribution is 6.01. The molecule has 0 spiro atoms. The van der Waals surface area contributed by atoms with Gasteiger partial charge in [-0.1, -0.05) is 0 Å². The highest BCUT2D eigenvalue weighted by atomic mass is 19.1. The Morgan fingerprint density at radius 2 is 2.12 bits per heavy atom. The largest absolute Gasteiger partial charge is 0.598 e. The number of halogens is 1. The Morgan fingerprint density at radius 1 is 1.35 bits per heavy atom. The molecule has 2 fully saturated rings. The molecule has 2 saturated heterocycles. The van der Waals surface area contributed by atoms with Crippen LogP contribution in [-0.2, 0) is 9.53 Å². The first-order valence-corrected chi connectivity index (χ1v) is 10.7. The molecule has 184 valence electrons. The number of amides is 4. The fourth-order valence-electron chi connectivity index (χ4n) is 3.67. The van der Waals surface area contributed by atoms with E-state index >= 15 is 4.39 Å². The number of cyclic esters (lactones) is 1. The smallest absolute Gasteiger partial charge is 0.415 e. The lowest BCUT2D eigenvalue weighted by atomic mass is 10.1. The quantitative estimate of drug-likeness (QED) is 0.206. The Bertz CT molecular complexity index is 1000. The number of urea groups is 1. The van der Waals surface area contributed by atoms with Crippen molar-refractivity contribution < 1.29 is 28.6 Å². The number of hydrazine groups is 1. The third kappa shape index (κ3) is 5.92. The number of ether oxygens (including phenoxy) is 1. The Labute approximate surface area is 195 Å². The number of hydrogen-bond acceptors (Lipinski definition) is 7. The summed E-state index contributed by atoms with van der Waals surface area (Å²) in [6.45, 7) is 4.72. The van der Waals surface area contributed by atoms with Crippen molar-refractivity contribution in [1.29, 1.82) is 5.41 Å². The van der Waals surface area contributed by atoms with E-state index in [9.17, 15) is 14.4 Å². The zero-order valence-corrected chi connectivity index (χ0v) is 19.0. The summed E-state index contributed by atoms with van der Waals surface area (Å²) < 4.78 is 20.5. The average molecular weight is 479 g/mol. The minimum absolute atomic E-state index is 0.148. The molecule has 34 heavy (non-hydrogen) atoms. The van der Waals surface area contributed by atoms with Gasteiger partial charge in [0.05, 0.1) is 37.1 Å². The van der Waals surface area contributed by atoms with Crippen molar-refractivity contribution in [2.24, 2.45) is 0 Å². The molecule has 0 radical (unpaired) electrons. The highest BCUT2D eigenvalue weighted by Gasteiger charge is 2.42. The summed E-state index contributed by atoms with van der Waals surface area (Å²) in [7, 11) is 0. The normalized spacial score (nSPS) is 20.8. The van der Waals surface area contributed by atoms with E-state index in [4.69, 9.17) is 15.3 Å². The van der Waals surface area contributed by atoms with Gasteiger partial charge in [-0.25, -0.2) is 19.4 Å². The molecule has 0 aliphatic carbocycles. The lowest BCUT2D eigenvalue weighted by molar-refractivity contribution is -0.119. The van der Waals surface area contributed by atoms with Crippen molar-refractivity contribution in [2.75, 3.05) is 49.1 Å². The van der Waals surface area contributed by atoms with Crippen LogP contribution >= 0.6 is 0 Å². The highest BCUT2D eigenvalue weighted by Crippen LogP contribution is 2.31. The van der Waals surface area contributed by atoms with E-state index < -0.39 is 23.5 Å². The van der Waals surface area contributed by atoms with Crippen LogP contribution in [0.5, 0.6) is 0 Å². The van der Waals surface area contributed by atoms with Crippen molar-refractivity contribution in [3.8, 4) is 0 Å². The van der Waals surface area contributed by atoms with Crippen molar-refractivity contribution in [1.82, 2.24) is 21.1 Å². The fraction of sp³-hybridized carbons (Fsp3) is 0.429. The number of benzene rings is 1. The minimum Gasteiger partial charge on any atom is -0.598 e. The first-order valence-electron chi connectivity index (χ1n) is 10.7. The Hall–Kier alpha value is -3.87. The molecule has 1 aromatic carbocycles. The van der Waals surface area contributed by atoms with E-state index in [2.05, 4.69) is 16.1 Å². The van der Waals surface area contributed by atoms with E-state index in [0.29, 0.717) is 31.0 Å². The Kier molecular flexibility index (Phi) is 7.56. The van der Waals surface area contributed by atoms with Gasteiger partial charge in [-0.05, 0) is 25.1 Å². The summed E-state index contributed by atoms with van der Waals surface area (Å²) in [4.78, 5) is 38.9. The predicted molar refractivity (Wildman–Crippen MR) is 123 cm³/mol. The zero-order valence-electron chi connectivity index (χ0n) is 19.0. The number of anilines is 2. The van der Waals surface area contributed by atoms with E-state index in [1.54, 1.807) is 24.0 Å². The van der Waals surface area contributed by atoms with Gasteiger partial charge < -0.3 is 20.1 Å². The second kappa shape index (κ2) is 10.4. The molecular formula is C21H29FN7O5+. The third-order valence-corrected chi connectivity index (χ3v) is 5.36. The molecular weight excluding hydrogens is 449 g/mol. The van der Waals surface area contributed by atoms with Crippen LogP contribution in [0, 0.1) is 11.2 Å². The van der Waals surface area contributed by atoms with E-state index in [-0.39, 0.29) is 31.4 Å². The van der Waals surface area contributed by atoms with Crippen molar-refractivity contribution in [2.45, 2.75) is 19.4 Å². The summed E-state index contributed by atoms with van der Waals surface area (Å²) in [5.41, 5.74) is 2.67. The molecule has 0 saturated carbocycles. The summed E-state index contributed by atoms with van der Waals surface area (Å²) >= 11 is 0. The first kappa shape index (κ1) is 24.8. The Morgan fingerprint density at radius 3 is 2.79 bits per heavy atom. The maximum absolute atomic E-state index is 15.1. The molecule has 0 unspecified atom stereocenters. The molecule has 6 N–H and O–H groups in total. The van der Waals surface area contributed by atoms with Crippen molar-refractivity contribution >= 4 is 35.2 Å². The molecule has 2 heterocycles. The lowest BCUT2D eigenvalue weighted by Gasteiger charge is -2.25. The topological polar surface area (TPSA) is 153 Å². The molecule has 1 atom stereocenters. The van der Waals surface area contributed by atoms with Gasteiger partial charge in [0.15, 0.2) is 0 Å². The van der Waals surface area contributed by atoms with Crippen molar-refractivity contribution in [3.63, 3.8) is 0 Å². The van der Waals surface area contributed by atoms with Gasteiger partial charge in [0, 0.05) is 26.6 Å². The number of hydrogen-bond donors (Lipinski definition) is 4. The van der Waals surface area contributed by atoms with Crippen molar-refractivity contribution in [3.05, 3.63) is 36.4 Å². The van der Waals surface area contributed by atoms with E-state index in [1.165, 1.54) is 22.9 Å². The number of amidine groups is 1. The number of carbonyl (C=O) groups is 3. The van der Waals surface area contributed by atoms with Gasteiger partial charge in [0.25, 0.3) is 0 Å². The summed E-state index contributed by atoms with van der Waals surface area (Å²) in [6, 6.07) is 3.92. The van der Waals surface area contributed by atoms with Crippen LogP contribution < -0.4 is 25.9 Å². The SMILES string of the molecule is CC(=O)NC[C@@]1(C)CN(c2ccc(N3CCNN(C(=O)NC(=N)/C=C\[OH2+])CC3)c(F)c2)C(=O)O1. The van der Waals surface area contributed by atoms with Crippen LogP contribution in [-0.4, -0.2) is 78.9 Å². The van der Waals surface area contributed by atoms with Crippen LogP contribution in [0.2, 0.25) is 0 Å². The molecule has 0 bridgehead atoms. The lowest BCUT2D eigenvalue weighted by Crippen LogP contribution is -2.50. The maximum atomic E-state index is 15.1. The van der Waals surface area contributed by atoms with Crippen LogP contribution in [0.15, 0.2) is 30.5 Å². The zero-order chi connectivity index (χ0) is 24.9. The van der Waals surface area contributed by atoms with Gasteiger partial charge >= 0.3 is 12.1 Å². The summed E-state index contributed by atoms with van der Waals surface area (Å²) in [6.07, 6.45) is 1.42. The number of rotatable bonds is 5. The summed E-state index contributed by atoms with van der Waals surface area (Å²) in [5.74, 6) is -0.976. The molecule has 1 aromatic rings. The molecule has 2 aliphatic rings. The minimum atomic E-state index is -0.925. The molecule has 3 rings (SSSR count). The molecule has 2 aliphatic heterocycles. The first-order chi connectivity index (χ1) is 16.1. The van der Waals surface area contributed by atoms with Crippen LogP contribution in [0.3, 0.4) is 0 Å². The second-order valence-electron chi connectivity index (χ2n) is 8.17. The van der Waals surface area contributed by atoms with E-state index in [0.717, 1.165) is 12.3 Å².